The molecule has 2 N–H and O–H groups in total. The number of hydrogen-bond donors (Lipinski definition) is 2. The number of anilines is 3. The van der Waals surface area contributed by atoms with Crippen molar-refractivity contribution in [1.82, 2.24) is 14.9 Å². The fraction of sp³-hybridized carbons (Fsp3) is 0.429. The zero-order valence-electron chi connectivity index (χ0n) is 20.1. The number of halogens is 1. The van der Waals surface area contributed by atoms with Gasteiger partial charge in [-0.25, -0.2) is 4.98 Å². The van der Waals surface area contributed by atoms with E-state index in [2.05, 4.69) is 27.2 Å². The van der Waals surface area contributed by atoms with E-state index in [0.717, 1.165) is 67.5 Å². The van der Waals surface area contributed by atoms with Gasteiger partial charge >= 0.3 is 0 Å². The normalized spacial score (nSPS) is 19.6. The molecule has 5 rings (SSSR count). The maximum Gasteiger partial charge on any atom is 0.227 e. The largest absolute Gasteiger partial charge is 0.396 e. The molecule has 184 valence electrons. The first-order valence-corrected chi connectivity index (χ1v) is 13.1. The van der Waals surface area contributed by atoms with Gasteiger partial charge in [-0.1, -0.05) is 41.9 Å². The first kappa shape index (κ1) is 24.0. The van der Waals surface area contributed by atoms with Gasteiger partial charge in [-0.05, 0) is 74.4 Å². The number of nitrogens with zero attached hydrogens (tertiary/aromatic N) is 4. The minimum Gasteiger partial charge on any atom is -0.396 e. The first-order valence-electron chi connectivity index (χ1n) is 12.7. The molecule has 0 aliphatic carbocycles. The van der Waals surface area contributed by atoms with Crippen LogP contribution in [0.15, 0.2) is 60.8 Å². The zero-order valence-corrected chi connectivity index (χ0v) is 20.9. The summed E-state index contributed by atoms with van der Waals surface area (Å²) in [6.45, 7) is 4.53. The molecule has 6 nitrogen and oxygen atoms in total. The van der Waals surface area contributed by atoms with Crippen molar-refractivity contribution in [3.05, 3.63) is 65.8 Å². The molecular formula is C28H34ClN5O. The number of aliphatic hydroxyl groups excluding tert-OH is 1. The topological polar surface area (TPSA) is 64.5 Å². The highest BCUT2D eigenvalue weighted by Gasteiger charge is 2.29. The molecule has 2 aliphatic heterocycles. The van der Waals surface area contributed by atoms with Crippen LogP contribution >= 0.6 is 11.6 Å². The van der Waals surface area contributed by atoms with Crippen LogP contribution in [-0.2, 0) is 0 Å². The summed E-state index contributed by atoms with van der Waals surface area (Å²) in [6.07, 6.45) is 7.60. The maximum atomic E-state index is 9.35. The number of hydrogen-bond acceptors (Lipinski definition) is 6. The number of benzene rings is 2. The van der Waals surface area contributed by atoms with E-state index in [4.69, 9.17) is 21.6 Å². The van der Waals surface area contributed by atoms with E-state index in [1.54, 1.807) is 0 Å². The Hall–Kier alpha value is -2.67. The molecule has 3 aromatic rings. The molecule has 2 aromatic carbocycles. The molecular weight excluding hydrogens is 458 g/mol. The van der Waals surface area contributed by atoms with Crippen LogP contribution < -0.4 is 10.2 Å². The van der Waals surface area contributed by atoms with E-state index in [0.29, 0.717) is 23.6 Å². The molecule has 0 bridgehead atoms. The smallest absolute Gasteiger partial charge is 0.227 e. The lowest BCUT2D eigenvalue weighted by Crippen LogP contribution is -2.49. The average Bonchev–Trinajstić information content (AvgIpc) is 2.91. The quantitative estimate of drug-likeness (QED) is 0.448. The van der Waals surface area contributed by atoms with Gasteiger partial charge in [0.1, 0.15) is 5.82 Å². The summed E-state index contributed by atoms with van der Waals surface area (Å²) in [6, 6.07) is 18.6. The van der Waals surface area contributed by atoms with Crippen molar-refractivity contribution in [2.24, 2.45) is 5.92 Å². The Bertz CT molecular complexity index is 1080. The molecule has 1 unspecified atom stereocenters. The Morgan fingerprint density at radius 2 is 1.74 bits per heavy atom. The van der Waals surface area contributed by atoms with Crippen LogP contribution in [0, 0.1) is 5.92 Å². The van der Waals surface area contributed by atoms with Gasteiger partial charge in [0.15, 0.2) is 0 Å². The average molecular weight is 492 g/mol. The third-order valence-corrected chi connectivity index (χ3v) is 7.57. The second-order valence-electron chi connectivity index (χ2n) is 9.66. The molecule has 0 radical (unpaired) electrons. The second kappa shape index (κ2) is 11.4. The number of aromatic nitrogens is 2. The third kappa shape index (κ3) is 5.95. The van der Waals surface area contributed by atoms with Crippen LogP contribution in [0.2, 0.25) is 5.02 Å². The van der Waals surface area contributed by atoms with Gasteiger partial charge in [-0.15, -0.1) is 0 Å². The molecule has 1 atom stereocenters. The molecule has 0 amide bonds. The number of nitrogens with one attached hydrogen (secondary N) is 1. The fourth-order valence-corrected chi connectivity index (χ4v) is 5.52. The molecule has 1 aromatic heterocycles. The van der Waals surface area contributed by atoms with E-state index < -0.39 is 0 Å². The van der Waals surface area contributed by atoms with E-state index in [-0.39, 0.29) is 0 Å². The van der Waals surface area contributed by atoms with E-state index in [1.807, 2.05) is 48.7 Å². The Balaban J connectivity index is 1.31. The van der Waals surface area contributed by atoms with Gasteiger partial charge in [0.2, 0.25) is 5.95 Å². The third-order valence-electron chi connectivity index (χ3n) is 7.32. The molecule has 2 fully saturated rings. The summed E-state index contributed by atoms with van der Waals surface area (Å²) in [5, 5.41) is 13.5. The Morgan fingerprint density at radius 1 is 0.971 bits per heavy atom. The molecule has 0 saturated carbocycles. The van der Waals surface area contributed by atoms with Gasteiger partial charge in [0, 0.05) is 54.8 Å². The minimum atomic E-state index is 0.305. The molecule has 7 heteroatoms. The van der Waals surface area contributed by atoms with Gasteiger partial charge in [-0.2, -0.15) is 4.98 Å². The number of piperidine rings is 2. The monoisotopic (exact) mass is 491 g/mol. The van der Waals surface area contributed by atoms with Crippen molar-refractivity contribution in [1.29, 1.82) is 0 Å². The lowest BCUT2D eigenvalue weighted by molar-refractivity contribution is 0.0942. The van der Waals surface area contributed by atoms with Gasteiger partial charge in [0.25, 0.3) is 0 Å². The maximum absolute atomic E-state index is 9.35. The molecule has 2 saturated heterocycles. The standard InChI is InChI=1S/C28H34ClN5O/c29-23-8-10-24(11-9-23)31-27-26(22-6-2-1-3-7-22)19-30-28(32-27)33-16-12-25(13-17-33)34-15-4-5-21(20-34)14-18-35/h1-3,6-11,19,21,25,35H,4-5,12-18,20H2,(H,30,31,32). The number of rotatable bonds is 7. The molecule has 2 aliphatic rings. The van der Waals surface area contributed by atoms with Gasteiger partial charge in [0.05, 0.1) is 0 Å². The van der Waals surface area contributed by atoms with Crippen molar-refractivity contribution < 1.29 is 5.11 Å². The van der Waals surface area contributed by atoms with Crippen LogP contribution in [0.4, 0.5) is 17.5 Å². The summed E-state index contributed by atoms with van der Waals surface area (Å²) in [7, 11) is 0. The van der Waals surface area contributed by atoms with E-state index >= 15 is 0 Å². The number of likely N-dealkylation sites (tertiary alicyclic amines) is 1. The van der Waals surface area contributed by atoms with Crippen LogP contribution in [0.3, 0.4) is 0 Å². The second-order valence-corrected chi connectivity index (χ2v) is 10.1. The predicted molar refractivity (Wildman–Crippen MR) is 143 cm³/mol. The molecule has 0 spiro atoms. The Labute approximate surface area is 213 Å². The van der Waals surface area contributed by atoms with Crippen molar-refractivity contribution in [3.8, 4) is 11.1 Å². The zero-order chi connectivity index (χ0) is 24.0. The van der Waals surface area contributed by atoms with Crippen molar-refractivity contribution in [3.63, 3.8) is 0 Å². The van der Waals surface area contributed by atoms with E-state index in [1.165, 1.54) is 19.4 Å². The highest BCUT2D eigenvalue weighted by Crippen LogP contribution is 2.32. The van der Waals surface area contributed by atoms with Crippen LogP contribution in [-0.4, -0.2) is 58.8 Å². The summed E-state index contributed by atoms with van der Waals surface area (Å²) in [5.74, 6) is 2.21. The fourth-order valence-electron chi connectivity index (χ4n) is 5.40. The minimum absolute atomic E-state index is 0.305. The van der Waals surface area contributed by atoms with Crippen molar-refractivity contribution in [2.75, 3.05) is 43.0 Å². The molecule has 35 heavy (non-hydrogen) atoms. The first-order chi connectivity index (χ1) is 17.2. The van der Waals surface area contributed by atoms with Crippen LogP contribution in [0.25, 0.3) is 11.1 Å². The summed E-state index contributed by atoms with van der Waals surface area (Å²) in [5.41, 5.74) is 3.00. The number of aliphatic hydroxyl groups is 1. The Kier molecular flexibility index (Phi) is 7.82. The summed E-state index contributed by atoms with van der Waals surface area (Å²) >= 11 is 6.09. The predicted octanol–water partition coefficient (Wildman–Crippen LogP) is 5.60. The highest BCUT2D eigenvalue weighted by atomic mass is 35.5. The van der Waals surface area contributed by atoms with Crippen molar-refractivity contribution in [2.45, 2.75) is 38.1 Å². The summed E-state index contributed by atoms with van der Waals surface area (Å²) in [4.78, 5) is 14.7. The lowest BCUT2D eigenvalue weighted by Gasteiger charge is -2.42. The highest BCUT2D eigenvalue weighted by molar-refractivity contribution is 6.30. The lowest BCUT2D eigenvalue weighted by atomic mass is 9.92. The van der Waals surface area contributed by atoms with E-state index in [9.17, 15) is 5.11 Å². The molecule has 3 heterocycles. The Morgan fingerprint density at radius 3 is 2.49 bits per heavy atom. The van der Waals surface area contributed by atoms with Crippen LogP contribution in [0.5, 0.6) is 0 Å². The SMILES string of the molecule is OCCC1CCCN(C2CCN(c3ncc(-c4ccccc4)c(Nc4ccc(Cl)cc4)n3)CC2)C1. The van der Waals surface area contributed by atoms with Crippen LogP contribution in [0.1, 0.15) is 32.1 Å². The van der Waals surface area contributed by atoms with Gasteiger partial charge in [-0.3, -0.25) is 4.90 Å². The van der Waals surface area contributed by atoms with Crippen molar-refractivity contribution >= 4 is 29.1 Å². The van der Waals surface area contributed by atoms with Gasteiger partial charge < -0.3 is 15.3 Å². The summed E-state index contributed by atoms with van der Waals surface area (Å²) < 4.78 is 0.